The minimum absolute atomic E-state index is 0.0337. The van der Waals surface area contributed by atoms with Crippen LogP contribution < -0.4 is 5.32 Å². The molecule has 0 unspecified atom stereocenters. The number of ether oxygens (including phenoxy) is 1. The van der Waals surface area contributed by atoms with E-state index in [1.165, 1.54) is 0 Å². The van der Waals surface area contributed by atoms with E-state index in [9.17, 15) is 4.79 Å². The minimum Gasteiger partial charge on any atom is -0.378 e. The van der Waals surface area contributed by atoms with Crippen molar-refractivity contribution in [3.05, 3.63) is 35.3 Å². The first-order valence-corrected chi connectivity index (χ1v) is 9.89. The molecule has 1 amide bonds. The summed E-state index contributed by atoms with van der Waals surface area (Å²) in [5, 5.41) is 3.19. The van der Waals surface area contributed by atoms with E-state index in [4.69, 9.17) is 11.2 Å². The molecule has 2 aromatic heterocycles. The van der Waals surface area contributed by atoms with Gasteiger partial charge in [0, 0.05) is 36.7 Å². The lowest BCUT2D eigenvalue weighted by Crippen LogP contribution is -2.39. The van der Waals surface area contributed by atoms with Crippen molar-refractivity contribution in [2.75, 3.05) is 6.61 Å². The molecule has 2 aromatic rings. The van der Waals surface area contributed by atoms with Gasteiger partial charge in [0.1, 0.15) is 5.65 Å². The Bertz CT molecular complexity index is 826. The van der Waals surface area contributed by atoms with Gasteiger partial charge in [-0.3, -0.25) is 4.79 Å². The first-order valence-electron chi connectivity index (χ1n) is 9.89. The second-order valence-corrected chi connectivity index (χ2v) is 7.44. The Labute approximate surface area is 161 Å². The van der Waals surface area contributed by atoms with Gasteiger partial charge in [-0.1, -0.05) is 0 Å². The van der Waals surface area contributed by atoms with Gasteiger partial charge in [0.25, 0.3) is 5.91 Å². The van der Waals surface area contributed by atoms with Gasteiger partial charge in [-0.2, -0.15) is 0 Å². The summed E-state index contributed by atoms with van der Waals surface area (Å²) in [5.41, 5.74) is 3.38. The maximum atomic E-state index is 12.8. The lowest BCUT2D eigenvalue weighted by molar-refractivity contribution is 0.0206. The number of hydrogen-bond acceptors (Lipinski definition) is 3. The van der Waals surface area contributed by atoms with Crippen LogP contribution in [0, 0.1) is 26.2 Å². The number of fused-ring (bicyclic) bond motifs is 1. The average Bonchev–Trinajstić information content (AvgIpc) is 3.07. The van der Waals surface area contributed by atoms with Crippen molar-refractivity contribution in [1.82, 2.24) is 14.7 Å². The highest BCUT2D eigenvalue weighted by Crippen LogP contribution is 2.22. The van der Waals surface area contributed by atoms with Crippen LogP contribution in [0.4, 0.5) is 0 Å². The second kappa shape index (κ2) is 9.05. The van der Waals surface area contributed by atoms with E-state index in [1.807, 2.05) is 36.6 Å². The summed E-state index contributed by atoms with van der Waals surface area (Å²) in [4.78, 5) is 17.3. The summed E-state index contributed by atoms with van der Waals surface area (Å²) >= 11 is 0. The number of amides is 1. The van der Waals surface area contributed by atoms with E-state index in [0.717, 1.165) is 68.6 Å². The Morgan fingerprint density at radius 1 is 1.33 bits per heavy atom. The molecule has 0 spiro atoms. The fourth-order valence-electron chi connectivity index (χ4n) is 3.79. The van der Waals surface area contributed by atoms with Gasteiger partial charge >= 0.3 is 0 Å². The van der Waals surface area contributed by atoms with Crippen molar-refractivity contribution in [3.63, 3.8) is 0 Å². The van der Waals surface area contributed by atoms with E-state index in [1.54, 1.807) is 0 Å². The van der Waals surface area contributed by atoms with Crippen LogP contribution >= 0.6 is 0 Å². The van der Waals surface area contributed by atoms with Crippen molar-refractivity contribution in [2.45, 2.75) is 70.9 Å². The topological polar surface area (TPSA) is 55.6 Å². The van der Waals surface area contributed by atoms with Gasteiger partial charge in [-0.05, 0) is 64.5 Å². The predicted molar refractivity (Wildman–Crippen MR) is 107 cm³/mol. The number of aryl methyl sites for hydroxylation is 2. The zero-order valence-corrected chi connectivity index (χ0v) is 16.3. The number of carbonyl (C=O) groups excluding carboxylic acids is 1. The third-order valence-electron chi connectivity index (χ3n) is 5.26. The van der Waals surface area contributed by atoms with Crippen LogP contribution in [0.5, 0.6) is 0 Å². The first kappa shape index (κ1) is 19.4. The van der Waals surface area contributed by atoms with Crippen LogP contribution in [0.3, 0.4) is 0 Å². The molecule has 5 nitrogen and oxygen atoms in total. The predicted octanol–water partition coefficient (Wildman–Crippen LogP) is 3.81. The zero-order chi connectivity index (χ0) is 19.2. The number of aromatic nitrogens is 2. The minimum atomic E-state index is -0.0337. The lowest BCUT2D eigenvalue weighted by atomic mass is 9.92. The molecular formula is C22H29N3O2. The average molecular weight is 367 g/mol. The molecule has 1 fully saturated rings. The summed E-state index contributed by atoms with van der Waals surface area (Å²) in [6, 6.07) is 4.08. The van der Waals surface area contributed by atoms with Gasteiger partial charge in [0.15, 0.2) is 0 Å². The van der Waals surface area contributed by atoms with E-state index in [-0.39, 0.29) is 11.9 Å². The van der Waals surface area contributed by atoms with Crippen LogP contribution in [0.2, 0.25) is 0 Å². The smallest absolute Gasteiger partial charge is 0.255 e. The Balaban J connectivity index is 1.50. The SMILES string of the molecule is C#CCCCCOC1CCC(NC(=O)c2ccn3c(C)cc(C)nc23)CC1. The van der Waals surface area contributed by atoms with Crippen molar-refractivity contribution in [1.29, 1.82) is 0 Å². The standard InChI is InChI=1S/C22H29N3O2/c1-4-5-6-7-14-27-19-10-8-18(9-11-19)24-22(26)20-12-13-25-17(3)15-16(2)23-21(20)25/h1,12-13,15,18-19H,5-11,14H2,2-3H3,(H,24,26). The highest BCUT2D eigenvalue weighted by Gasteiger charge is 2.24. The van der Waals surface area contributed by atoms with Crippen LogP contribution in [-0.2, 0) is 4.74 Å². The largest absolute Gasteiger partial charge is 0.378 e. The molecule has 5 heteroatoms. The molecule has 0 aliphatic heterocycles. The molecule has 1 aliphatic carbocycles. The highest BCUT2D eigenvalue weighted by molar-refractivity contribution is 6.00. The molecule has 1 saturated carbocycles. The molecular weight excluding hydrogens is 338 g/mol. The van der Waals surface area contributed by atoms with Crippen molar-refractivity contribution < 1.29 is 9.53 Å². The molecule has 144 valence electrons. The second-order valence-electron chi connectivity index (χ2n) is 7.44. The van der Waals surface area contributed by atoms with E-state index in [2.05, 4.69) is 16.2 Å². The Kier molecular flexibility index (Phi) is 6.52. The summed E-state index contributed by atoms with van der Waals surface area (Å²) in [6.07, 6.45) is 14.3. The van der Waals surface area contributed by atoms with E-state index in [0.29, 0.717) is 11.7 Å². The van der Waals surface area contributed by atoms with Crippen molar-refractivity contribution in [2.24, 2.45) is 0 Å². The molecule has 0 bridgehead atoms. The Morgan fingerprint density at radius 2 is 2.11 bits per heavy atom. The number of unbranched alkanes of at least 4 members (excludes halogenated alkanes) is 2. The third-order valence-corrected chi connectivity index (χ3v) is 5.26. The number of hydrogen-bond donors (Lipinski definition) is 1. The number of rotatable bonds is 7. The number of nitrogens with one attached hydrogen (secondary N) is 1. The molecule has 3 rings (SSSR count). The molecule has 1 N–H and O–H groups in total. The lowest BCUT2D eigenvalue weighted by Gasteiger charge is -2.29. The fraction of sp³-hybridized carbons (Fsp3) is 0.545. The molecule has 0 atom stereocenters. The fourth-order valence-corrected chi connectivity index (χ4v) is 3.79. The van der Waals surface area contributed by atoms with Crippen LogP contribution in [0.15, 0.2) is 18.3 Å². The van der Waals surface area contributed by atoms with Crippen LogP contribution in [0.1, 0.15) is 66.7 Å². The molecule has 27 heavy (non-hydrogen) atoms. The highest BCUT2D eigenvalue weighted by atomic mass is 16.5. The Hall–Kier alpha value is -2.32. The Morgan fingerprint density at radius 3 is 2.85 bits per heavy atom. The zero-order valence-electron chi connectivity index (χ0n) is 16.3. The van der Waals surface area contributed by atoms with Gasteiger partial charge in [-0.25, -0.2) is 4.98 Å². The number of nitrogens with zero attached hydrogens (tertiary/aromatic N) is 2. The number of carbonyl (C=O) groups is 1. The van der Waals surface area contributed by atoms with Crippen LogP contribution in [0.25, 0.3) is 5.65 Å². The van der Waals surface area contributed by atoms with E-state index >= 15 is 0 Å². The third kappa shape index (κ3) is 4.90. The maximum Gasteiger partial charge on any atom is 0.255 e. The summed E-state index contributed by atoms with van der Waals surface area (Å²) < 4.78 is 7.91. The van der Waals surface area contributed by atoms with Crippen molar-refractivity contribution >= 4 is 11.6 Å². The van der Waals surface area contributed by atoms with Gasteiger partial charge in [-0.15, -0.1) is 12.3 Å². The van der Waals surface area contributed by atoms with Gasteiger partial charge in [0.05, 0.1) is 11.7 Å². The quantitative estimate of drug-likeness (QED) is 0.598. The van der Waals surface area contributed by atoms with Crippen molar-refractivity contribution in [3.8, 4) is 12.3 Å². The maximum absolute atomic E-state index is 12.8. The first-order chi connectivity index (χ1) is 13.1. The number of terminal acetylenes is 1. The summed E-state index contributed by atoms with van der Waals surface area (Å²) in [7, 11) is 0. The molecule has 0 radical (unpaired) electrons. The monoisotopic (exact) mass is 367 g/mol. The van der Waals surface area contributed by atoms with E-state index < -0.39 is 0 Å². The molecule has 1 aliphatic rings. The summed E-state index contributed by atoms with van der Waals surface area (Å²) in [6.45, 7) is 4.76. The summed E-state index contributed by atoms with van der Waals surface area (Å²) in [5.74, 6) is 2.62. The molecule has 2 heterocycles. The van der Waals surface area contributed by atoms with Crippen LogP contribution in [-0.4, -0.2) is 34.0 Å². The van der Waals surface area contributed by atoms with Gasteiger partial charge < -0.3 is 14.5 Å². The van der Waals surface area contributed by atoms with Gasteiger partial charge in [0.2, 0.25) is 0 Å². The molecule has 0 saturated heterocycles. The molecule has 0 aromatic carbocycles. The normalized spacial score (nSPS) is 19.7.